The highest BCUT2D eigenvalue weighted by Crippen LogP contribution is 2.08. The molecule has 16 heavy (non-hydrogen) atoms. The van der Waals surface area contributed by atoms with E-state index in [1.807, 2.05) is 0 Å². The molecule has 6 heteroatoms. The first-order chi connectivity index (χ1) is 7.28. The fraction of sp³-hybridized carbons (Fsp3) is 0.800. The number of nitrogens with two attached hydrogens (primary N) is 1. The maximum atomic E-state index is 11.5. The van der Waals surface area contributed by atoms with Crippen LogP contribution in [0.15, 0.2) is 0 Å². The van der Waals surface area contributed by atoms with Crippen molar-refractivity contribution in [1.82, 2.24) is 5.32 Å². The molecule has 94 valence electrons. The highest BCUT2D eigenvalue weighted by molar-refractivity contribution is 5.82. The van der Waals surface area contributed by atoms with Crippen molar-refractivity contribution in [2.24, 2.45) is 5.73 Å². The van der Waals surface area contributed by atoms with Crippen LogP contribution in [0.4, 0.5) is 0 Å². The number of carbonyl (C=O) groups excluding carboxylic acids is 1. The van der Waals surface area contributed by atoms with E-state index in [1.165, 1.54) is 0 Å². The van der Waals surface area contributed by atoms with Crippen LogP contribution in [0, 0.1) is 0 Å². The second kappa shape index (κ2) is 6.44. The van der Waals surface area contributed by atoms with Crippen molar-refractivity contribution in [1.29, 1.82) is 0 Å². The second-order valence-electron chi connectivity index (χ2n) is 4.39. The van der Waals surface area contributed by atoms with E-state index < -0.39 is 17.6 Å². The highest BCUT2D eigenvalue weighted by Gasteiger charge is 2.23. The van der Waals surface area contributed by atoms with Gasteiger partial charge in [0.2, 0.25) is 5.91 Å². The Morgan fingerprint density at radius 1 is 1.44 bits per heavy atom. The van der Waals surface area contributed by atoms with Crippen molar-refractivity contribution < 1.29 is 19.8 Å². The SMILES string of the molecule is CC(C)(CCO)NC(=O)C(N)CCC(=O)O. The fourth-order valence-electron chi connectivity index (χ4n) is 1.18. The highest BCUT2D eigenvalue weighted by atomic mass is 16.4. The zero-order valence-electron chi connectivity index (χ0n) is 9.69. The lowest BCUT2D eigenvalue weighted by Crippen LogP contribution is -2.51. The van der Waals surface area contributed by atoms with Crippen molar-refractivity contribution >= 4 is 11.9 Å². The van der Waals surface area contributed by atoms with Crippen LogP contribution in [0.5, 0.6) is 0 Å². The molecule has 1 atom stereocenters. The summed E-state index contributed by atoms with van der Waals surface area (Å²) in [7, 11) is 0. The van der Waals surface area contributed by atoms with E-state index >= 15 is 0 Å². The minimum Gasteiger partial charge on any atom is -0.481 e. The number of carboxylic acids is 1. The summed E-state index contributed by atoms with van der Waals surface area (Å²) in [5, 5.41) is 19.9. The molecule has 0 fully saturated rings. The van der Waals surface area contributed by atoms with Crippen LogP contribution in [-0.2, 0) is 9.59 Å². The first-order valence-corrected chi connectivity index (χ1v) is 5.19. The Bertz CT molecular complexity index is 253. The lowest BCUT2D eigenvalue weighted by molar-refractivity contribution is -0.137. The third-order valence-electron chi connectivity index (χ3n) is 2.20. The molecule has 1 unspecified atom stereocenters. The van der Waals surface area contributed by atoms with Crippen LogP contribution >= 0.6 is 0 Å². The summed E-state index contributed by atoms with van der Waals surface area (Å²) in [6.07, 6.45) is 0.399. The van der Waals surface area contributed by atoms with Crippen molar-refractivity contribution in [3.05, 3.63) is 0 Å². The number of aliphatic hydroxyl groups is 1. The zero-order chi connectivity index (χ0) is 12.8. The van der Waals surface area contributed by atoms with Crippen molar-refractivity contribution in [2.45, 2.75) is 44.7 Å². The number of amides is 1. The Kier molecular flexibility index (Phi) is 5.98. The average Bonchev–Trinajstić information content (AvgIpc) is 2.12. The number of hydrogen-bond donors (Lipinski definition) is 4. The van der Waals surface area contributed by atoms with Gasteiger partial charge < -0.3 is 21.3 Å². The first kappa shape index (κ1) is 14.9. The molecule has 1 amide bonds. The monoisotopic (exact) mass is 232 g/mol. The maximum absolute atomic E-state index is 11.5. The molecule has 0 heterocycles. The topological polar surface area (TPSA) is 113 Å². The Labute approximate surface area is 94.8 Å². The van der Waals surface area contributed by atoms with E-state index in [1.54, 1.807) is 13.8 Å². The largest absolute Gasteiger partial charge is 0.481 e. The van der Waals surface area contributed by atoms with Crippen molar-refractivity contribution in [3.8, 4) is 0 Å². The van der Waals surface area contributed by atoms with Gasteiger partial charge in [0.25, 0.3) is 0 Å². The van der Waals surface area contributed by atoms with E-state index in [9.17, 15) is 9.59 Å². The van der Waals surface area contributed by atoms with E-state index in [2.05, 4.69) is 5.32 Å². The predicted octanol–water partition coefficient (Wildman–Crippen LogP) is -0.544. The molecular weight excluding hydrogens is 212 g/mol. The summed E-state index contributed by atoms with van der Waals surface area (Å²) in [6, 6.07) is -0.825. The van der Waals surface area contributed by atoms with Gasteiger partial charge in [0, 0.05) is 18.6 Å². The third-order valence-corrected chi connectivity index (χ3v) is 2.20. The molecule has 0 aliphatic carbocycles. The molecule has 0 saturated heterocycles. The van der Waals surface area contributed by atoms with Gasteiger partial charge >= 0.3 is 5.97 Å². The number of carbonyl (C=O) groups is 2. The standard InChI is InChI=1S/C10H20N2O4/c1-10(2,5-6-13)12-9(16)7(11)3-4-8(14)15/h7,13H,3-6,11H2,1-2H3,(H,12,16)(H,14,15). The van der Waals surface area contributed by atoms with Crippen LogP contribution in [-0.4, -0.2) is 40.3 Å². The van der Waals surface area contributed by atoms with Gasteiger partial charge in [-0.1, -0.05) is 0 Å². The van der Waals surface area contributed by atoms with Gasteiger partial charge in [0.15, 0.2) is 0 Å². The molecule has 0 saturated carbocycles. The molecule has 0 spiro atoms. The van der Waals surface area contributed by atoms with Crippen LogP contribution in [0.3, 0.4) is 0 Å². The van der Waals surface area contributed by atoms with Gasteiger partial charge in [0.05, 0.1) is 6.04 Å². The Balaban J connectivity index is 4.09. The lowest BCUT2D eigenvalue weighted by Gasteiger charge is -2.27. The normalized spacial score (nSPS) is 13.2. The number of nitrogens with one attached hydrogen (secondary N) is 1. The van der Waals surface area contributed by atoms with Gasteiger partial charge in [-0.2, -0.15) is 0 Å². The van der Waals surface area contributed by atoms with Gasteiger partial charge in [-0.3, -0.25) is 9.59 Å². The van der Waals surface area contributed by atoms with Crippen LogP contribution in [0.1, 0.15) is 33.1 Å². The van der Waals surface area contributed by atoms with Crippen LogP contribution in [0.2, 0.25) is 0 Å². The molecule has 0 bridgehead atoms. The molecule has 0 rings (SSSR count). The molecule has 6 nitrogen and oxygen atoms in total. The van der Waals surface area contributed by atoms with Crippen molar-refractivity contribution in [2.75, 3.05) is 6.61 Å². The van der Waals surface area contributed by atoms with Crippen molar-refractivity contribution in [3.63, 3.8) is 0 Å². The van der Waals surface area contributed by atoms with E-state index in [4.69, 9.17) is 15.9 Å². The molecular formula is C10H20N2O4. The smallest absolute Gasteiger partial charge is 0.303 e. The number of aliphatic hydroxyl groups excluding tert-OH is 1. The zero-order valence-corrected chi connectivity index (χ0v) is 9.69. The molecule has 0 aromatic carbocycles. The summed E-state index contributed by atoms with van der Waals surface area (Å²) in [4.78, 5) is 21.8. The number of carboxylic acid groups (broad SMARTS) is 1. The molecule has 0 radical (unpaired) electrons. The molecule has 0 aromatic heterocycles. The lowest BCUT2D eigenvalue weighted by atomic mass is 10.00. The van der Waals surface area contributed by atoms with Gasteiger partial charge in [-0.05, 0) is 26.7 Å². The molecule has 0 aliphatic heterocycles. The predicted molar refractivity (Wildman–Crippen MR) is 58.8 cm³/mol. The van der Waals surface area contributed by atoms with Gasteiger partial charge in [-0.25, -0.2) is 0 Å². The summed E-state index contributed by atoms with van der Waals surface area (Å²) >= 11 is 0. The number of hydrogen-bond acceptors (Lipinski definition) is 4. The van der Waals surface area contributed by atoms with E-state index in [-0.39, 0.29) is 25.4 Å². The molecule has 0 aromatic rings. The summed E-state index contributed by atoms with van der Waals surface area (Å²) in [5.74, 6) is -1.36. The number of aliphatic carboxylic acids is 1. The average molecular weight is 232 g/mol. The minimum atomic E-state index is -0.974. The first-order valence-electron chi connectivity index (χ1n) is 5.19. The summed E-state index contributed by atoms with van der Waals surface area (Å²) in [6.45, 7) is 3.51. The quantitative estimate of drug-likeness (QED) is 0.470. The Hall–Kier alpha value is -1.14. The van der Waals surface area contributed by atoms with Gasteiger partial charge in [-0.15, -0.1) is 0 Å². The minimum absolute atomic E-state index is 0.0301. The Morgan fingerprint density at radius 3 is 2.44 bits per heavy atom. The summed E-state index contributed by atoms with van der Waals surface area (Å²) < 4.78 is 0. The second-order valence-corrected chi connectivity index (χ2v) is 4.39. The van der Waals surface area contributed by atoms with Gasteiger partial charge in [0.1, 0.15) is 0 Å². The van der Waals surface area contributed by atoms with E-state index in [0.29, 0.717) is 6.42 Å². The third kappa shape index (κ3) is 6.36. The summed E-state index contributed by atoms with van der Waals surface area (Å²) in [5.41, 5.74) is 5.00. The maximum Gasteiger partial charge on any atom is 0.303 e. The van der Waals surface area contributed by atoms with Crippen LogP contribution in [0.25, 0.3) is 0 Å². The van der Waals surface area contributed by atoms with E-state index in [0.717, 1.165) is 0 Å². The number of rotatable bonds is 7. The molecule has 0 aliphatic rings. The fourth-order valence-corrected chi connectivity index (χ4v) is 1.18. The van der Waals surface area contributed by atoms with Crippen LogP contribution < -0.4 is 11.1 Å². The Morgan fingerprint density at radius 2 is 2.00 bits per heavy atom. The molecule has 5 N–H and O–H groups in total.